The fourth-order valence-corrected chi connectivity index (χ4v) is 2.86. The van der Waals surface area contributed by atoms with E-state index < -0.39 is 5.60 Å². The zero-order valence-electron chi connectivity index (χ0n) is 14.0. The quantitative estimate of drug-likeness (QED) is 0.699. The standard InChI is InChI=1S/C20H20ClNO3/c1-20(24,18-12-15-6-2-3-8-17(15)25-18)13-22-19(23)10-9-14-5-4-7-16(21)11-14/h2-8,11-12,24H,9-10,13H2,1H3,(H,22,23). The summed E-state index contributed by atoms with van der Waals surface area (Å²) in [7, 11) is 0. The van der Waals surface area contributed by atoms with Crippen LogP contribution in [0.4, 0.5) is 0 Å². The molecule has 3 aromatic rings. The second kappa shape index (κ2) is 7.30. The Morgan fingerprint density at radius 2 is 2.00 bits per heavy atom. The maximum Gasteiger partial charge on any atom is 0.220 e. The summed E-state index contributed by atoms with van der Waals surface area (Å²) < 4.78 is 5.69. The highest BCUT2D eigenvalue weighted by molar-refractivity contribution is 6.30. The summed E-state index contributed by atoms with van der Waals surface area (Å²) in [6, 6.07) is 16.8. The maximum atomic E-state index is 12.1. The first-order valence-electron chi connectivity index (χ1n) is 8.17. The molecule has 0 aliphatic carbocycles. The number of fused-ring (bicyclic) bond motifs is 1. The molecular formula is C20H20ClNO3. The molecule has 3 rings (SSSR count). The first-order valence-corrected chi connectivity index (χ1v) is 8.54. The Balaban J connectivity index is 1.56. The Labute approximate surface area is 151 Å². The molecule has 1 atom stereocenters. The number of amides is 1. The van der Waals surface area contributed by atoms with Gasteiger partial charge in [0.25, 0.3) is 0 Å². The average Bonchev–Trinajstić information content (AvgIpc) is 3.03. The number of nitrogens with one attached hydrogen (secondary N) is 1. The molecule has 2 aromatic carbocycles. The van der Waals surface area contributed by atoms with Gasteiger partial charge in [-0.2, -0.15) is 0 Å². The lowest BCUT2D eigenvalue weighted by molar-refractivity contribution is -0.122. The molecule has 25 heavy (non-hydrogen) atoms. The summed E-state index contributed by atoms with van der Waals surface area (Å²) in [4.78, 5) is 12.1. The highest BCUT2D eigenvalue weighted by atomic mass is 35.5. The molecule has 0 aliphatic rings. The summed E-state index contributed by atoms with van der Waals surface area (Å²) in [6.45, 7) is 1.71. The number of benzene rings is 2. The lowest BCUT2D eigenvalue weighted by Gasteiger charge is -2.21. The highest BCUT2D eigenvalue weighted by Gasteiger charge is 2.28. The molecule has 0 spiro atoms. The molecule has 5 heteroatoms. The number of carbonyl (C=O) groups excluding carboxylic acids is 1. The number of carbonyl (C=O) groups is 1. The number of halogens is 1. The number of para-hydroxylation sites is 1. The van der Waals surface area contributed by atoms with Crippen molar-refractivity contribution in [3.8, 4) is 0 Å². The molecule has 1 unspecified atom stereocenters. The summed E-state index contributed by atoms with van der Waals surface area (Å²) in [5, 5.41) is 15.0. The first kappa shape index (κ1) is 17.5. The van der Waals surface area contributed by atoms with E-state index in [0.29, 0.717) is 29.2 Å². The number of rotatable bonds is 6. The van der Waals surface area contributed by atoms with Crippen molar-refractivity contribution in [2.45, 2.75) is 25.4 Å². The fraction of sp³-hybridized carbons (Fsp3) is 0.250. The van der Waals surface area contributed by atoms with E-state index in [4.69, 9.17) is 16.0 Å². The van der Waals surface area contributed by atoms with E-state index >= 15 is 0 Å². The van der Waals surface area contributed by atoms with E-state index in [9.17, 15) is 9.90 Å². The van der Waals surface area contributed by atoms with E-state index in [0.717, 1.165) is 10.9 Å². The Kier molecular flexibility index (Phi) is 5.11. The van der Waals surface area contributed by atoms with Gasteiger partial charge in [-0.15, -0.1) is 0 Å². The molecule has 1 aromatic heterocycles. The Bertz CT molecular complexity index is 852. The van der Waals surface area contributed by atoms with Crippen LogP contribution in [0.15, 0.2) is 59.0 Å². The highest BCUT2D eigenvalue weighted by Crippen LogP contribution is 2.27. The van der Waals surface area contributed by atoms with Crippen LogP contribution in [0.25, 0.3) is 11.0 Å². The number of furan rings is 1. The molecule has 0 bridgehead atoms. The van der Waals surface area contributed by atoms with Gasteiger partial charge in [0.1, 0.15) is 16.9 Å². The van der Waals surface area contributed by atoms with E-state index in [1.54, 1.807) is 19.1 Å². The van der Waals surface area contributed by atoms with Gasteiger partial charge in [0.05, 0.1) is 6.54 Å². The van der Waals surface area contributed by atoms with Gasteiger partial charge in [-0.25, -0.2) is 0 Å². The average molecular weight is 358 g/mol. The number of aliphatic hydroxyl groups is 1. The molecule has 1 amide bonds. The molecule has 4 nitrogen and oxygen atoms in total. The van der Waals surface area contributed by atoms with Gasteiger partial charge in [0.2, 0.25) is 5.91 Å². The van der Waals surface area contributed by atoms with Crippen molar-refractivity contribution in [1.29, 1.82) is 0 Å². The van der Waals surface area contributed by atoms with Crippen molar-refractivity contribution in [3.05, 3.63) is 70.9 Å². The molecule has 1 heterocycles. The minimum Gasteiger partial charge on any atom is -0.458 e. The van der Waals surface area contributed by atoms with Gasteiger partial charge in [-0.3, -0.25) is 4.79 Å². The van der Waals surface area contributed by atoms with Gasteiger partial charge in [-0.1, -0.05) is 41.9 Å². The van der Waals surface area contributed by atoms with Crippen molar-refractivity contribution < 1.29 is 14.3 Å². The normalized spacial score (nSPS) is 13.6. The Morgan fingerprint density at radius 3 is 2.76 bits per heavy atom. The predicted octanol–water partition coefficient (Wildman–Crippen LogP) is 4.04. The van der Waals surface area contributed by atoms with E-state index in [-0.39, 0.29) is 12.5 Å². The molecule has 0 saturated carbocycles. The molecular weight excluding hydrogens is 338 g/mol. The van der Waals surface area contributed by atoms with Gasteiger partial charge in [-0.05, 0) is 43.2 Å². The van der Waals surface area contributed by atoms with Crippen LogP contribution in [0.1, 0.15) is 24.7 Å². The van der Waals surface area contributed by atoms with Crippen LogP contribution in [-0.2, 0) is 16.8 Å². The SMILES string of the molecule is CC(O)(CNC(=O)CCc1cccc(Cl)c1)c1cc2ccccc2o1. The lowest BCUT2D eigenvalue weighted by atomic mass is 10.0. The molecule has 2 N–H and O–H groups in total. The van der Waals surface area contributed by atoms with E-state index in [1.165, 1.54) is 0 Å². The van der Waals surface area contributed by atoms with Crippen molar-refractivity contribution in [2.75, 3.05) is 6.54 Å². The third-order valence-corrected chi connectivity index (χ3v) is 4.35. The molecule has 0 radical (unpaired) electrons. The Morgan fingerprint density at radius 1 is 1.20 bits per heavy atom. The van der Waals surface area contributed by atoms with Gasteiger partial charge < -0.3 is 14.8 Å². The van der Waals surface area contributed by atoms with E-state index in [2.05, 4.69) is 5.32 Å². The Hall–Kier alpha value is -2.30. The zero-order valence-corrected chi connectivity index (χ0v) is 14.7. The summed E-state index contributed by atoms with van der Waals surface area (Å²) >= 11 is 5.94. The van der Waals surface area contributed by atoms with E-state index in [1.807, 2.05) is 42.5 Å². The van der Waals surface area contributed by atoms with Crippen LogP contribution in [0, 0.1) is 0 Å². The summed E-state index contributed by atoms with van der Waals surface area (Å²) in [5.74, 6) is 0.306. The van der Waals surface area contributed by atoms with Gasteiger partial charge in [0, 0.05) is 16.8 Å². The summed E-state index contributed by atoms with van der Waals surface area (Å²) in [6.07, 6.45) is 0.926. The van der Waals surface area contributed by atoms with Gasteiger partial charge >= 0.3 is 0 Å². The first-order chi connectivity index (χ1) is 11.9. The van der Waals surface area contributed by atoms with Gasteiger partial charge in [0.15, 0.2) is 0 Å². The van der Waals surface area contributed by atoms with Crippen molar-refractivity contribution in [2.24, 2.45) is 0 Å². The van der Waals surface area contributed by atoms with Crippen molar-refractivity contribution in [3.63, 3.8) is 0 Å². The van der Waals surface area contributed by atoms with Crippen LogP contribution in [0.2, 0.25) is 5.02 Å². The minimum absolute atomic E-state index is 0.0845. The number of hydrogen-bond acceptors (Lipinski definition) is 3. The lowest BCUT2D eigenvalue weighted by Crippen LogP contribution is -2.38. The topological polar surface area (TPSA) is 62.5 Å². The number of aryl methyl sites for hydroxylation is 1. The maximum absolute atomic E-state index is 12.1. The number of hydrogen-bond donors (Lipinski definition) is 2. The second-order valence-corrected chi connectivity index (χ2v) is 6.77. The molecule has 0 saturated heterocycles. The van der Waals surface area contributed by atoms with Crippen molar-refractivity contribution in [1.82, 2.24) is 5.32 Å². The smallest absolute Gasteiger partial charge is 0.220 e. The van der Waals surface area contributed by atoms with Crippen LogP contribution in [0.5, 0.6) is 0 Å². The predicted molar refractivity (Wildman–Crippen MR) is 98.6 cm³/mol. The third-order valence-electron chi connectivity index (χ3n) is 4.12. The monoisotopic (exact) mass is 357 g/mol. The van der Waals surface area contributed by atoms with Crippen LogP contribution < -0.4 is 5.32 Å². The minimum atomic E-state index is -1.27. The third kappa shape index (κ3) is 4.41. The van der Waals surface area contributed by atoms with Crippen LogP contribution in [0.3, 0.4) is 0 Å². The zero-order chi connectivity index (χ0) is 17.9. The van der Waals surface area contributed by atoms with Crippen molar-refractivity contribution >= 4 is 28.5 Å². The van der Waals surface area contributed by atoms with Crippen LogP contribution >= 0.6 is 11.6 Å². The second-order valence-electron chi connectivity index (χ2n) is 6.33. The fourth-order valence-electron chi connectivity index (χ4n) is 2.64. The largest absolute Gasteiger partial charge is 0.458 e. The molecule has 0 fully saturated rings. The summed E-state index contributed by atoms with van der Waals surface area (Å²) in [5.41, 5.74) is 0.446. The van der Waals surface area contributed by atoms with Crippen LogP contribution in [-0.4, -0.2) is 17.6 Å². The molecule has 0 aliphatic heterocycles. The molecule has 130 valence electrons.